The van der Waals surface area contributed by atoms with Crippen LogP contribution in [0.25, 0.3) is 0 Å². The van der Waals surface area contributed by atoms with Crippen molar-refractivity contribution in [3.05, 3.63) is 77.0 Å². The Balaban J connectivity index is 1.59. The molecule has 0 aliphatic heterocycles. The van der Waals surface area contributed by atoms with E-state index in [1.165, 1.54) is 5.56 Å². The number of Topliss-reactive ketones (excluding diaryl/α,β-unsaturated/α-hetero) is 1. The predicted octanol–water partition coefficient (Wildman–Crippen LogP) is 4.95. The van der Waals surface area contributed by atoms with Crippen LogP contribution in [-0.4, -0.2) is 20.3 Å². The minimum Gasteiger partial charge on any atom is -0.332 e. The van der Waals surface area contributed by atoms with Crippen LogP contribution in [0.4, 0.5) is 0 Å². The van der Waals surface area contributed by atoms with Crippen LogP contribution < -0.4 is 0 Å². The van der Waals surface area contributed by atoms with Crippen LogP contribution in [0.2, 0.25) is 0 Å². The summed E-state index contributed by atoms with van der Waals surface area (Å²) in [6.07, 6.45) is 3.71. The molecule has 1 aromatic carbocycles. The molecule has 0 spiro atoms. The first-order chi connectivity index (χ1) is 13.5. The van der Waals surface area contributed by atoms with E-state index >= 15 is 0 Å². The van der Waals surface area contributed by atoms with Crippen molar-refractivity contribution in [2.75, 3.05) is 0 Å². The van der Waals surface area contributed by atoms with Crippen LogP contribution in [-0.2, 0) is 29.9 Å². The first-order valence-electron chi connectivity index (χ1n) is 9.72. The third-order valence-electron chi connectivity index (χ3n) is 4.66. The fraction of sp³-hybridized carbons (Fsp3) is 0.348. The maximum atomic E-state index is 12.3. The fourth-order valence-electron chi connectivity index (χ4n) is 3.35. The lowest BCUT2D eigenvalue weighted by molar-refractivity contribution is -0.118. The lowest BCUT2D eigenvalue weighted by Crippen LogP contribution is -2.09. The van der Waals surface area contributed by atoms with Gasteiger partial charge in [0.2, 0.25) is 0 Å². The van der Waals surface area contributed by atoms with Gasteiger partial charge in [-0.25, -0.2) is 9.97 Å². The summed E-state index contributed by atoms with van der Waals surface area (Å²) < 4.78 is 2.23. The Labute approximate surface area is 171 Å². The van der Waals surface area contributed by atoms with Crippen molar-refractivity contribution in [2.45, 2.75) is 57.4 Å². The number of rotatable bonds is 9. The van der Waals surface area contributed by atoms with E-state index in [4.69, 9.17) is 0 Å². The molecule has 0 radical (unpaired) electrons. The van der Waals surface area contributed by atoms with Crippen LogP contribution in [0.15, 0.2) is 53.7 Å². The number of thioether (sulfide) groups is 1. The Morgan fingerprint density at radius 1 is 1.14 bits per heavy atom. The molecule has 0 unspecified atom stereocenters. The van der Waals surface area contributed by atoms with Gasteiger partial charge in [-0.15, -0.1) is 0 Å². The highest BCUT2D eigenvalue weighted by Gasteiger charge is 2.12. The molecule has 0 saturated carbocycles. The second-order valence-electron chi connectivity index (χ2n) is 7.02. The quantitative estimate of drug-likeness (QED) is 0.483. The van der Waals surface area contributed by atoms with Gasteiger partial charge >= 0.3 is 0 Å². The first kappa shape index (κ1) is 20.3. The molecular weight excluding hydrogens is 366 g/mol. The number of carbonyl (C=O) groups excluding carboxylic acids is 1. The maximum Gasteiger partial charge on any atom is 0.137 e. The van der Waals surface area contributed by atoms with Gasteiger partial charge in [-0.05, 0) is 50.5 Å². The standard InChI is InChI=1S/C23H27N3OS/c1-4-26-20(10-11-21(27)14-19-8-6-5-7-9-19)15-24-22(26)16-28-23-13-17(2)12-18(3)25-23/h5-9,12-13,15H,4,10-11,14,16H2,1-3H3. The molecule has 28 heavy (non-hydrogen) atoms. The molecule has 146 valence electrons. The molecule has 0 aliphatic rings. The van der Waals surface area contributed by atoms with Crippen molar-refractivity contribution in [2.24, 2.45) is 0 Å². The molecule has 5 heteroatoms. The predicted molar refractivity (Wildman–Crippen MR) is 115 cm³/mol. The summed E-state index contributed by atoms with van der Waals surface area (Å²) in [6, 6.07) is 14.1. The van der Waals surface area contributed by atoms with Crippen LogP contribution in [0, 0.1) is 13.8 Å². The van der Waals surface area contributed by atoms with Crippen molar-refractivity contribution in [3.8, 4) is 0 Å². The third kappa shape index (κ3) is 5.55. The fourth-order valence-corrected chi connectivity index (χ4v) is 4.34. The molecule has 0 bridgehead atoms. The summed E-state index contributed by atoms with van der Waals surface area (Å²) in [4.78, 5) is 21.5. The van der Waals surface area contributed by atoms with E-state index in [1.54, 1.807) is 11.8 Å². The average Bonchev–Trinajstić information content (AvgIpc) is 3.06. The van der Waals surface area contributed by atoms with Crippen LogP contribution >= 0.6 is 11.8 Å². The largest absolute Gasteiger partial charge is 0.332 e. The molecule has 0 N–H and O–H groups in total. The van der Waals surface area contributed by atoms with Crippen LogP contribution in [0.3, 0.4) is 0 Å². The van der Waals surface area contributed by atoms with Crippen molar-refractivity contribution < 1.29 is 4.79 Å². The topological polar surface area (TPSA) is 47.8 Å². The van der Waals surface area contributed by atoms with Gasteiger partial charge in [0.05, 0.1) is 10.8 Å². The average molecular weight is 394 g/mol. The second kappa shape index (κ2) is 9.69. The maximum absolute atomic E-state index is 12.3. The number of ketones is 1. The summed E-state index contributed by atoms with van der Waals surface area (Å²) in [6.45, 7) is 7.10. The van der Waals surface area contributed by atoms with Gasteiger partial charge in [-0.3, -0.25) is 4.79 Å². The highest BCUT2D eigenvalue weighted by Crippen LogP contribution is 2.23. The smallest absolute Gasteiger partial charge is 0.137 e. The van der Waals surface area contributed by atoms with Gasteiger partial charge in [-0.2, -0.15) is 0 Å². The van der Waals surface area contributed by atoms with E-state index in [2.05, 4.69) is 40.5 Å². The molecule has 2 heterocycles. The highest BCUT2D eigenvalue weighted by atomic mass is 32.2. The van der Waals surface area contributed by atoms with E-state index in [0.29, 0.717) is 12.8 Å². The number of benzene rings is 1. The number of hydrogen-bond acceptors (Lipinski definition) is 4. The molecule has 0 amide bonds. The molecule has 3 aromatic rings. The summed E-state index contributed by atoms with van der Waals surface area (Å²) in [7, 11) is 0. The van der Waals surface area contributed by atoms with E-state index < -0.39 is 0 Å². The summed E-state index contributed by atoms with van der Waals surface area (Å²) in [5.41, 5.74) is 4.48. The Bertz CT molecular complexity index is 914. The lowest BCUT2D eigenvalue weighted by atomic mass is 10.1. The van der Waals surface area contributed by atoms with Gasteiger partial charge in [0.15, 0.2) is 0 Å². The van der Waals surface area contributed by atoms with Crippen LogP contribution in [0.5, 0.6) is 0 Å². The Morgan fingerprint density at radius 3 is 2.64 bits per heavy atom. The van der Waals surface area contributed by atoms with Crippen molar-refractivity contribution in [1.82, 2.24) is 14.5 Å². The van der Waals surface area contributed by atoms with Crippen LogP contribution in [0.1, 0.15) is 41.7 Å². The molecule has 3 rings (SSSR count). The Hall–Kier alpha value is -2.40. The number of aryl methyl sites for hydroxylation is 3. The van der Waals surface area contributed by atoms with E-state index in [9.17, 15) is 4.79 Å². The molecule has 2 aromatic heterocycles. The van der Waals surface area contributed by atoms with E-state index in [-0.39, 0.29) is 5.78 Å². The summed E-state index contributed by atoms with van der Waals surface area (Å²) in [5, 5.41) is 1.03. The molecule has 0 aliphatic carbocycles. The summed E-state index contributed by atoms with van der Waals surface area (Å²) in [5.74, 6) is 2.09. The van der Waals surface area contributed by atoms with Gasteiger partial charge in [0, 0.05) is 37.0 Å². The molecule has 0 fully saturated rings. The summed E-state index contributed by atoms with van der Waals surface area (Å²) >= 11 is 1.71. The lowest BCUT2D eigenvalue weighted by Gasteiger charge is -2.10. The highest BCUT2D eigenvalue weighted by molar-refractivity contribution is 7.98. The van der Waals surface area contributed by atoms with Gasteiger partial charge in [0.1, 0.15) is 11.6 Å². The van der Waals surface area contributed by atoms with Gasteiger partial charge < -0.3 is 4.57 Å². The zero-order chi connectivity index (χ0) is 19.9. The number of aromatic nitrogens is 3. The molecule has 4 nitrogen and oxygen atoms in total. The van der Waals surface area contributed by atoms with E-state index in [0.717, 1.165) is 46.5 Å². The third-order valence-corrected chi connectivity index (χ3v) is 5.57. The molecule has 0 atom stereocenters. The monoisotopic (exact) mass is 393 g/mol. The molecular formula is C23H27N3OS. The zero-order valence-corrected chi connectivity index (χ0v) is 17.6. The minimum absolute atomic E-state index is 0.269. The van der Waals surface area contributed by atoms with E-state index in [1.807, 2.05) is 43.5 Å². The molecule has 0 saturated heterocycles. The number of imidazole rings is 1. The van der Waals surface area contributed by atoms with Crippen molar-refractivity contribution >= 4 is 17.5 Å². The van der Waals surface area contributed by atoms with Gasteiger partial charge in [0.25, 0.3) is 0 Å². The zero-order valence-electron chi connectivity index (χ0n) is 16.8. The normalized spacial score (nSPS) is 11.0. The Morgan fingerprint density at radius 2 is 1.93 bits per heavy atom. The number of hydrogen-bond donors (Lipinski definition) is 0. The number of pyridine rings is 1. The van der Waals surface area contributed by atoms with Gasteiger partial charge in [-0.1, -0.05) is 42.1 Å². The Kier molecular flexibility index (Phi) is 7.04. The second-order valence-corrected chi connectivity index (χ2v) is 8.02. The first-order valence-corrected chi connectivity index (χ1v) is 10.7. The number of nitrogens with zero attached hydrogens (tertiary/aromatic N) is 3. The van der Waals surface area contributed by atoms with Crippen molar-refractivity contribution in [3.63, 3.8) is 0 Å². The van der Waals surface area contributed by atoms with Crippen molar-refractivity contribution in [1.29, 1.82) is 0 Å². The number of carbonyl (C=O) groups is 1. The SMILES string of the molecule is CCn1c(CCC(=O)Cc2ccccc2)cnc1CSc1cc(C)cc(C)n1. The minimum atomic E-state index is 0.269.